The first-order valence-corrected chi connectivity index (χ1v) is 1.85. The average molecular weight is 98.1 g/mol. The minimum absolute atomic E-state index is 0. The quantitative estimate of drug-likeness (QED) is 0.521. The topological polar surface area (TPSA) is 28.7 Å². The summed E-state index contributed by atoms with van der Waals surface area (Å²) >= 11 is 0. The number of rotatable bonds is 0. The number of H-pyrrole nitrogens is 1. The van der Waals surface area contributed by atoms with E-state index in [2.05, 4.69) is 10.2 Å². The van der Waals surface area contributed by atoms with Crippen LogP contribution in [0.4, 0.5) is 0 Å². The summed E-state index contributed by atoms with van der Waals surface area (Å²) in [6.07, 6.45) is 3.62. The third-order valence-corrected chi connectivity index (χ3v) is 0.635. The first-order valence-electron chi connectivity index (χ1n) is 1.85. The van der Waals surface area contributed by atoms with Gasteiger partial charge in [-0.25, -0.2) is 0 Å². The Morgan fingerprint density at radius 1 is 1.71 bits per heavy atom. The fourth-order valence-electron chi connectivity index (χ4n) is 0.315. The van der Waals surface area contributed by atoms with Crippen molar-refractivity contribution >= 4 is 0 Å². The number of aryl methyl sites for hydroxylation is 1. The molecule has 1 rings (SSSR count). The van der Waals surface area contributed by atoms with Crippen LogP contribution in [0.25, 0.3) is 0 Å². The normalized spacial score (nSPS) is 7.57. The van der Waals surface area contributed by atoms with Gasteiger partial charge in [-0.15, -0.1) is 0 Å². The van der Waals surface area contributed by atoms with Crippen molar-refractivity contribution < 1.29 is 0 Å². The lowest BCUT2D eigenvalue weighted by Crippen LogP contribution is -1.53. The highest BCUT2D eigenvalue weighted by Gasteiger charge is 1.74. The lowest BCUT2D eigenvalue weighted by atomic mass is 10.4. The Balaban J connectivity index is 0.000000360. The van der Waals surface area contributed by atoms with E-state index in [-0.39, 0.29) is 7.43 Å². The smallest absolute Gasteiger partial charge is 0.0516 e. The van der Waals surface area contributed by atoms with Gasteiger partial charge < -0.3 is 0 Å². The molecule has 1 heterocycles. The second kappa shape index (κ2) is 2.39. The summed E-state index contributed by atoms with van der Waals surface area (Å²) in [6, 6.07) is 0. The molecule has 0 radical (unpaired) electrons. The molecule has 0 aromatic carbocycles. The van der Waals surface area contributed by atoms with E-state index < -0.39 is 0 Å². The fourth-order valence-corrected chi connectivity index (χ4v) is 0.315. The molecule has 40 valence electrons. The molecular formula is C5H10N2. The van der Waals surface area contributed by atoms with Gasteiger partial charge in [0.15, 0.2) is 0 Å². The second-order valence-corrected chi connectivity index (χ2v) is 1.28. The summed E-state index contributed by atoms with van der Waals surface area (Å²) in [6.45, 7) is 1.99. The van der Waals surface area contributed by atoms with Crippen LogP contribution in [0.3, 0.4) is 0 Å². The lowest BCUT2D eigenvalue weighted by molar-refractivity contribution is 1.09. The standard InChI is InChI=1S/C4H6N2.CH4/c1-4-2-5-6-3-4;/h2-3H,1H3,(H,5,6);1H4. The fraction of sp³-hybridized carbons (Fsp3) is 0.400. The third kappa shape index (κ3) is 1.39. The van der Waals surface area contributed by atoms with E-state index in [0.29, 0.717) is 0 Å². The largest absolute Gasteiger partial charge is 0.285 e. The monoisotopic (exact) mass is 98.1 g/mol. The van der Waals surface area contributed by atoms with Gasteiger partial charge in [-0.3, -0.25) is 5.10 Å². The van der Waals surface area contributed by atoms with Crippen LogP contribution in [0.15, 0.2) is 12.4 Å². The Kier molecular flexibility index (Phi) is 2.12. The van der Waals surface area contributed by atoms with Gasteiger partial charge in [0.05, 0.1) is 6.20 Å². The van der Waals surface area contributed by atoms with E-state index in [9.17, 15) is 0 Å². The van der Waals surface area contributed by atoms with Gasteiger partial charge in [0.1, 0.15) is 0 Å². The molecule has 1 aromatic heterocycles. The summed E-state index contributed by atoms with van der Waals surface area (Å²) in [7, 11) is 0. The van der Waals surface area contributed by atoms with Crippen molar-refractivity contribution in [2.75, 3.05) is 0 Å². The van der Waals surface area contributed by atoms with Crippen molar-refractivity contribution in [2.24, 2.45) is 0 Å². The maximum atomic E-state index is 3.70. The third-order valence-electron chi connectivity index (χ3n) is 0.635. The number of hydrogen-bond acceptors (Lipinski definition) is 1. The van der Waals surface area contributed by atoms with Crippen LogP contribution in [-0.4, -0.2) is 10.2 Å². The summed E-state index contributed by atoms with van der Waals surface area (Å²) in [5.74, 6) is 0. The van der Waals surface area contributed by atoms with Gasteiger partial charge in [-0.1, -0.05) is 7.43 Å². The highest BCUT2D eigenvalue weighted by atomic mass is 15.1. The van der Waals surface area contributed by atoms with Crippen molar-refractivity contribution in [2.45, 2.75) is 14.4 Å². The van der Waals surface area contributed by atoms with E-state index in [1.165, 1.54) is 5.56 Å². The molecule has 0 amide bonds. The minimum Gasteiger partial charge on any atom is -0.285 e. The molecule has 0 spiro atoms. The first-order chi connectivity index (χ1) is 2.89. The highest BCUT2D eigenvalue weighted by molar-refractivity contribution is 4.96. The summed E-state index contributed by atoms with van der Waals surface area (Å²) in [4.78, 5) is 0. The van der Waals surface area contributed by atoms with Crippen molar-refractivity contribution in [1.29, 1.82) is 0 Å². The number of aromatic nitrogens is 2. The van der Waals surface area contributed by atoms with E-state index >= 15 is 0 Å². The number of hydrogen-bond donors (Lipinski definition) is 1. The maximum absolute atomic E-state index is 3.70. The number of aromatic amines is 1. The maximum Gasteiger partial charge on any atom is 0.0516 e. The van der Waals surface area contributed by atoms with Crippen LogP contribution in [0.5, 0.6) is 0 Å². The van der Waals surface area contributed by atoms with E-state index in [1.54, 1.807) is 6.20 Å². The van der Waals surface area contributed by atoms with E-state index in [1.807, 2.05) is 13.1 Å². The van der Waals surface area contributed by atoms with Crippen molar-refractivity contribution in [3.05, 3.63) is 18.0 Å². The molecule has 0 bridgehead atoms. The van der Waals surface area contributed by atoms with Gasteiger partial charge in [-0.2, -0.15) is 5.10 Å². The molecule has 0 saturated heterocycles. The van der Waals surface area contributed by atoms with E-state index in [4.69, 9.17) is 0 Å². The second-order valence-electron chi connectivity index (χ2n) is 1.28. The predicted molar refractivity (Wildman–Crippen MR) is 30.1 cm³/mol. The van der Waals surface area contributed by atoms with Crippen LogP contribution in [0, 0.1) is 6.92 Å². The summed E-state index contributed by atoms with van der Waals surface area (Å²) in [5.41, 5.74) is 1.18. The molecule has 7 heavy (non-hydrogen) atoms. The predicted octanol–water partition coefficient (Wildman–Crippen LogP) is 1.35. The molecule has 0 aliphatic carbocycles. The van der Waals surface area contributed by atoms with Gasteiger partial charge in [0.2, 0.25) is 0 Å². The Hall–Kier alpha value is -0.790. The molecule has 0 saturated carbocycles. The zero-order valence-electron chi connectivity index (χ0n) is 3.60. The van der Waals surface area contributed by atoms with Gasteiger partial charge in [-0.05, 0) is 12.5 Å². The van der Waals surface area contributed by atoms with Gasteiger partial charge in [0.25, 0.3) is 0 Å². The van der Waals surface area contributed by atoms with E-state index in [0.717, 1.165) is 0 Å². The molecule has 0 aliphatic heterocycles. The molecule has 0 unspecified atom stereocenters. The molecule has 1 N–H and O–H groups in total. The van der Waals surface area contributed by atoms with Gasteiger partial charge >= 0.3 is 0 Å². The molecule has 2 nitrogen and oxygen atoms in total. The highest BCUT2D eigenvalue weighted by Crippen LogP contribution is 1.84. The zero-order valence-corrected chi connectivity index (χ0v) is 3.60. The van der Waals surface area contributed by atoms with Crippen LogP contribution in [0.1, 0.15) is 13.0 Å². The Morgan fingerprint density at radius 3 is 2.57 bits per heavy atom. The minimum atomic E-state index is 0. The zero-order chi connectivity index (χ0) is 4.41. The molecule has 2 heteroatoms. The Bertz CT molecular complexity index is 110. The lowest BCUT2D eigenvalue weighted by Gasteiger charge is -1.62. The Labute approximate surface area is 43.6 Å². The van der Waals surface area contributed by atoms with Gasteiger partial charge in [0, 0.05) is 6.20 Å². The SMILES string of the molecule is C.Cc1cn[nH]c1. The number of nitrogens with zero attached hydrogens (tertiary/aromatic N) is 1. The van der Waals surface area contributed by atoms with Crippen molar-refractivity contribution in [1.82, 2.24) is 10.2 Å². The first kappa shape index (κ1) is 6.21. The molecule has 0 atom stereocenters. The summed E-state index contributed by atoms with van der Waals surface area (Å²) in [5, 5.41) is 6.38. The molecular weight excluding hydrogens is 88.1 g/mol. The average Bonchev–Trinajstić information content (AvgIpc) is 1.86. The van der Waals surface area contributed by atoms with Crippen molar-refractivity contribution in [3.63, 3.8) is 0 Å². The van der Waals surface area contributed by atoms with Crippen LogP contribution in [0.2, 0.25) is 0 Å². The summed E-state index contributed by atoms with van der Waals surface area (Å²) < 4.78 is 0. The number of nitrogens with one attached hydrogen (secondary N) is 1. The Morgan fingerprint density at radius 2 is 2.43 bits per heavy atom. The van der Waals surface area contributed by atoms with Crippen molar-refractivity contribution in [3.8, 4) is 0 Å². The molecule has 0 fully saturated rings. The molecule has 0 aliphatic rings. The van der Waals surface area contributed by atoms with Crippen LogP contribution < -0.4 is 0 Å². The van der Waals surface area contributed by atoms with Crippen LogP contribution in [-0.2, 0) is 0 Å². The molecule has 1 aromatic rings. The van der Waals surface area contributed by atoms with Crippen LogP contribution >= 0.6 is 0 Å².